The molecular weight excluding hydrogens is 164 g/mol. The predicted octanol–water partition coefficient (Wildman–Crippen LogP) is 0.00470. The van der Waals surface area contributed by atoms with Gasteiger partial charge in [0.15, 0.2) is 0 Å². The molecule has 2 aliphatic heterocycles. The second-order valence-electron chi connectivity index (χ2n) is 4.33. The number of hydrogen-bond acceptors (Lipinski definition) is 3. The van der Waals surface area contributed by atoms with E-state index in [4.69, 9.17) is 0 Å². The summed E-state index contributed by atoms with van der Waals surface area (Å²) in [5.41, 5.74) is 0. The maximum atomic E-state index is 9.79. The van der Waals surface area contributed by atoms with Crippen molar-refractivity contribution >= 4 is 0 Å². The number of aliphatic hydroxyl groups excluding tert-OH is 1. The molecule has 2 saturated heterocycles. The Balaban J connectivity index is 1.78. The fourth-order valence-electron chi connectivity index (χ4n) is 2.28. The zero-order valence-electron chi connectivity index (χ0n) is 8.45. The minimum Gasteiger partial charge on any atom is -0.391 e. The number of hydrogen-bond donors (Lipinski definition) is 1. The molecule has 3 nitrogen and oxygen atoms in total. The van der Waals surface area contributed by atoms with Crippen molar-refractivity contribution in [3.63, 3.8) is 0 Å². The number of likely N-dealkylation sites (tertiary alicyclic amines) is 2. The van der Waals surface area contributed by atoms with Crippen LogP contribution in [0.2, 0.25) is 0 Å². The van der Waals surface area contributed by atoms with Crippen molar-refractivity contribution in [3.8, 4) is 0 Å². The third-order valence-electron chi connectivity index (χ3n) is 3.37. The van der Waals surface area contributed by atoms with Crippen LogP contribution in [0.15, 0.2) is 0 Å². The first-order valence-corrected chi connectivity index (χ1v) is 5.42. The summed E-state index contributed by atoms with van der Waals surface area (Å²) in [7, 11) is 0. The zero-order valence-corrected chi connectivity index (χ0v) is 8.45. The summed E-state index contributed by atoms with van der Waals surface area (Å²) >= 11 is 0. The van der Waals surface area contributed by atoms with Gasteiger partial charge < -0.3 is 14.9 Å². The van der Waals surface area contributed by atoms with E-state index in [9.17, 15) is 5.11 Å². The highest BCUT2D eigenvalue weighted by atomic mass is 16.3. The molecule has 0 saturated carbocycles. The molecule has 2 fully saturated rings. The van der Waals surface area contributed by atoms with E-state index in [1.807, 2.05) is 0 Å². The molecule has 3 heteroatoms. The lowest BCUT2D eigenvalue weighted by Crippen LogP contribution is -2.43. The van der Waals surface area contributed by atoms with Gasteiger partial charge in [0.25, 0.3) is 0 Å². The van der Waals surface area contributed by atoms with Gasteiger partial charge in [0.2, 0.25) is 0 Å². The van der Waals surface area contributed by atoms with E-state index >= 15 is 0 Å². The Bertz CT molecular complexity index is 170. The van der Waals surface area contributed by atoms with E-state index in [1.165, 1.54) is 19.5 Å². The van der Waals surface area contributed by atoms with Crippen molar-refractivity contribution in [2.24, 2.45) is 5.92 Å². The smallest absolute Gasteiger partial charge is 0.0719 e. The van der Waals surface area contributed by atoms with E-state index in [-0.39, 0.29) is 6.10 Å². The minimum atomic E-state index is -0.0828. The zero-order chi connectivity index (χ0) is 9.26. The van der Waals surface area contributed by atoms with Crippen LogP contribution in [0, 0.1) is 5.92 Å². The molecule has 2 atom stereocenters. The highest BCUT2D eigenvalue weighted by Crippen LogP contribution is 2.20. The van der Waals surface area contributed by atoms with E-state index < -0.39 is 0 Å². The highest BCUT2D eigenvalue weighted by Gasteiger charge is 2.32. The molecule has 0 spiro atoms. The maximum absolute atomic E-state index is 9.79. The van der Waals surface area contributed by atoms with Gasteiger partial charge in [0.1, 0.15) is 0 Å². The van der Waals surface area contributed by atoms with Gasteiger partial charge in [-0.05, 0) is 26.1 Å². The first-order chi connectivity index (χ1) is 6.29. The van der Waals surface area contributed by atoms with Crippen molar-refractivity contribution in [1.82, 2.24) is 9.80 Å². The van der Waals surface area contributed by atoms with Crippen LogP contribution < -0.4 is 0 Å². The number of nitrogens with zero attached hydrogens (tertiary/aromatic N) is 2. The molecule has 0 aromatic heterocycles. The summed E-state index contributed by atoms with van der Waals surface area (Å²) < 4.78 is 0. The lowest BCUT2D eigenvalue weighted by molar-refractivity contribution is 0.0890. The van der Waals surface area contributed by atoms with E-state index in [0.29, 0.717) is 5.92 Å². The van der Waals surface area contributed by atoms with E-state index in [2.05, 4.69) is 16.7 Å². The Labute approximate surface area is 80.3 Å². The molecule has 76 valence electrons. The summed E-state index contributed by atoms with van der Waals surface area (Å²) in [5.74, 6) is 0.500. The van der Waals surface area contributed by atoms with E-state index in [1.54, 1.807) is 0 Å². The Kier molecular flexibility index (Phi) is 2.86. The summed E-state index contributed by atoms with van der Waals surface area (Å²) in [6, 6.07) is 0. The quantitative estimate of drug-likeness (QED) is 0.669. The second kappa shape index (κ2) is 3.95. The maximum Gasteiger partial charge on any atom is 0.0719 e. The van der Waals surface area contributed by atoms with Crippen LogP contribution in [0.4, 0.5) is 0 Å². The van der Waals surface area contributed by atoms with Crippen molar-refractivity contribution in [3.05, 3.63) is 0 Å². The number of β-amino-alcohol motifs (C(OH)–C–C–N with tert-alkyl or cyclic N) is 1. The van der Waals surface area contributed by atoms with Crippen molar-refractivity contribution < 1.29 is 5.11 Å². The molecule has 0 radical (unpaired) electrons. The van der Waals surface area contributed by atoms with Crippen LogP contribution in [0.3, 0.4) is 0 Å². The third-order valence-corrected chi connectivity index (χ3v) is 3.37. The van der Waals surface area contributed by atoms with Gasteiger partial charge in [0, 0.05) is 25.6 Å². The lowest BCUT2D eigenvalue weighted by Gasteiger charge is -2.33. The lowest BCUT2D eigenvalue weighted by atomic mass is 10.0. The topological polar surface area (TPSA) is 26.7 Å². The molecule has 1 N–H and O–H groups in total. The molecule has 13 heavy (non-hydrogen) atoms. The van der Waals surface area contributed by atoms with Gasteiger partial charge in [-0.2, -0.15) is 0 Å². The van der Waals surface area contributed by atoms with Crippen LogP contribution >= 0.6 is 0 Å². The van der Waals surface area contributed by atoms with Crippen molar-refractivity contribution in [2.75, 3.05) is 39.3 Å². The predicted molar refractivity (Wildman–Crippen MR) is 52.7 cm³/mol. The normalized spacial score (nSPS) is 36.5. The van der Waals surface area contributed by atoms with Crippen LogP contribution in [0.25, 0.3) is 0 Å². The van der Waals surface area contributed by atoms with Crippen LogP contribution in [-0.4, -0.2) is 60.3 Å². The SMILES string of the molecule is CCN1CC(O)C(CN2CCC2)C1. The largest absolute Gasteiger partial charge is 0.391 e. The molecule has 2 aliphatic rings. The Morgan fingerprint density at radius 1 is 1.23 bits per heavy atom. The van der Waals surface area contributed by atoms with Gasteiger partial charge in [-0.1, -0.05) is 6.92 Å². The first-order valence-electron chi connectivity index (χ1n) is 5.42. The number of likely N-dealkylation sites (N-methyl/N-ethyl adjacent to an activating group) is 1. The van der Waals surface area contributed by atoms with Gasteiger partial charge in [-0.25, -0.2) is 0 Å². The van der Waals surface area contributed by atoms with Crippen LogP contribution in [0.1, 0.15) is 13.3 Å². The van der Waals surface area contributed by atoms with Gasteiger partial charge in [-0.3, -0.25) is 0 Å². The first kappa shape index (κ1) is 9.44. The minimum absolute atomic E-state index is 0.0828. The Morgan fingerprint density at radius 3 is 2.46 bits per heavy atom. The Morgan fingerprint density at radius 2 is 2.00 bits per heavy atom. The number of aliphatic hydroxyl groups is 1. The fraction of sp³-hybridized carbons (Fsp3) is 1.00. The van der Waals surface area contributed by atoms with Gasteiger partial charge >= 0.3 is 0 Å². The standard InChI is InChI=1S/C10H20N2O/c1-2-11-6-9(10(13)8-11)7-12-4-3-5-12/h9-10,13H,2-8H2,1H3. The fourth-order valence-corrected chi connectivity index (χ4v) is 2.28. The van der Waals surface area contributed by atoms with Crippen LogP contribution in [0.5, 0.6) is 0 Å². The average molecular weight is 184 g/mol. The van der Waals surface area contributed by atoms with Crippen molar-refractivity contribution in [1.29, 1.82) is 0 Å². The van der Waals surface area contributed by atoms with Crippen molar-refractivity contribution in [2.45, 2.75) is 19.4 Å². The monoisotopic (exact) mass is 184 g/mol. The molecule has 0 aliphatic carbocycles. The molecule has 2 rings (SSSR count). The second-order valence-corrected chi connectivity index (χ2v) is 4.33. The summed E-state index contributed by atoms with van der Waals surface area (Å²) in [4.78, 5) is 4.79. The van der Waals surface area contributed by atoms with Gasteiger partial charge in [0.05, 0.1) is 6.10 Å². The molecule has 0 aromatic rings. The molecule has 2 heterocycles. The summed E-state index contributed by atoms with van der Waals surface area (Å²) in [6.45, 7) is 8.82. The highest BCUT2D eigenvalue weighted by molar-refractivity contribution is 4.86. The third kappa shape index (κ3) is 2.03. The molecule has 0 aromatic carbocycles. The molecule has 0 amide bonds. The van der Waals surface area contributed by atoms with Crippen LogP contribution in [-0.2, 0) is 0 Å². The number of rotatable bonds is 3. The molecule has 0 bridgehead atoms. The molecular formula is C10H20N2O. The van der Waals surface area contributed by atoms with Gasteiger partial charge in [-0.15, -0.1) is 0 Å². The summed E-state index contributed by atoms with van der Waals surface area (Å²) in [5, 5.41) is 9.79. The summed E-state index contributed by atoms with van der Waals surface area (Å²) in [6.07, 6.45) is 1.26. The molecule has 2 unspecified atom stereocenters. The van der Waals surface area contributed by atoms with E-state index in [0.717, 1.165) is 26.2 Å². The Hall–Kier alpha value is -0.120. The average Bonchev–Trinajstić information content (AvgIpc) is 2.39.